The zero-order chi connectivity index (χ0) is 10.0. The van der Waals surface area contributed by atoms with Gasteiger partial charge in [-0.2, -0.15) is 0 Å². The molecule has 0 amide bonds. The molecule has 0 aliphatic heterocycles. The van der Waals surface area contributed by atoms with Crippen LogP contribution in [0.1, 0.15) is 25.5 Å². The number of pyridine rings is 1. The van der Waals surface area contributed by atoms with Crippen molar-refractivity contribution in [1.29, 1.82) is 0 Å². The van der Waals surface area contributed by atoms with E-state index in [-0.39, 0.29) is 11.6 Å². The monoisotopic (exact) mass is 181 g/mol. The molecule has 1 rings (SSSR count). The highest BCUT2D eigenvalue weighted by Gasteiger charge is 2.11. The van der Waals surface area contributed by atoms with Gasteiger partial charge in [-0.1, -0.05) is 0 Å². The Labute approximate surface area is 77.6 Å². The Hall–Kier alpha value is -1.09. The summed E-state index contributed by atoms with van der Waals surface area (Å²) in [4.78, 5) is 11.4. The molecule has 0 saturated heterocycles. The van der Waals surface area contributed by atoms with Gasteiger partial charge in [0.25, 0.3) is 5.56 Å². The lowest BCUT2D eigenvalue weighted by atomic mass is 10.2. The fourth-order valence-electron chi connectivity index (χ4n) is 1.16. The first kappa shape index (κ1) is 9.99. The molecular weight excluding hydrogens is 166 g/mol. The number of aliphatic hydroxyl groups excluding tert-OH is 1. The van der Waals surface area contributed by atoms with E-state index in [0.717, 1.165) is 5.56 Å². The molecule has 1 N–H and O–H groups in total. The van der Waals surface area contributed by atoms with Crippen LogP contribution in [0.4, 0.5) is 0 Å². The largest absolute Gasteiger partial charge is 0.391 e. The molecule has 1 heterocycles. The molecule has 72 valence electrons. The van der Waals surface area contributed by atoms with E-state index in [1.165, 1.54) is 4.57 Å². The highest BCUT2D eigenvalue weighted by atomic mass is 16.3. The molecule has 0 fully saturated rings. The summed E-state index contributed by atoms with van der Waals surface area (Å²) in [5.74, 6) is 0. The highest BCUT2D eigenvalue weighted by molar-refractivity contribution is 5.08. The average molecular weight is 181 g/mol. The number of aryl methyl sites for hydroxylation is 1. The summed E-state index contributed by atoms with van der Waals surface area (Å²) in [5.41, 5.74) is 0.882. The van der Waals surface area contributed by atoms with E-state index in [1.54, 1.807) is 19.2 Å². The van der Waals surface area contributed by atoms with Crippen LogP contribution >= 0.6 is 0 Å². The molecule has 0 aliphatic carbocycles. The average Bonchev–Trinajstić information content (AvgIpc) is 2.03. The van der Waals surface area contributed by atoms with E-state index in [0.29, 0.717) is 0 Å². The van der Waals surface area contributed by atoms with Crippen molar-refractivity contribution in [1.82, 2.24) is 4.57 Å². The summed E-state index contributed by atoms with van der Waals surface area (Å²) in [6, 6.07) is 3.26. The van der Waals surface area contributed by atoms with Crippen molar-refractivity contribution >= 4 is 0 Å². The second kappa shape index (κ2) is 3.75. The van der Waals surface area contributed by atoms with Crippen molar-refractivity contribution in [3.05, 3.63) is 34.2 Å². The highest BCUT2D eigenvalue weighted by Crippen LogP contribution is 2.07. The van der Waals surface area contributed by atoms with Crippen LogP contribution in [-0.2, 0) is 0 Å². The summed E-state index contributed by atoms with van der Waals surface area (Å²) in [6.45, 7) is 5.37. The maximum Gasteiger partial charge on any atom is 0.251 e. The zero-order valence-corrected chi connectivity index (χ0v) is 8.19. The molecule has 0 saturated carbocycles. The van der Waals surface area contributed by atoms with Crippen molar-refractivity contribution in [2.45, 2.75) is 32.9 Å². The van der Waals surface area contributed by atoms with Crippen LogP contribution < -0.4 is 5.56 Å². The third-order valence-corrected chi connectivity index (χ3v) is 2.24. The van der Waals surface area contributed by atoms with Crippen molar-refractivity contribution in [3.8, 4) is 0 Å². The normalized spacial score (nSPS) is 15.4. The minimum Gasteiger partial charge on any atom is -0.391 e. The first-order chi connectivity index (χ1) is 6.02. The van der Waals surface area contributed by atoms with Crippen molar-refractivity contribution in [2.75, 3.05) is 0 Å². The van der Waals surface area contributed by atoms with Crippen LogP contribution in [-0.4, -0.2) is 15.8 Å². The molecule has 0 spiro atoms. The van der Waals surface area contributed by atoms with Gasteiger partial charge in [0, 0.05) is 12.3 Å². The smallest absolute Gasteiger partial charge is 0.251 e. The van der Waals surface area contributed by atoms with Crippen molar-refractivity contribution in [3.63, 3.8) is 0 Å². The summed E-state index contributed by atoms with van der Waals surface area (Å²) in [5, 5.41) is 9.31. The van der Waals surface area contributed by atoms with Crippen molar-refractivity contribution in [2.24, 2.45) is 0 Å². The molecule has 0 aromatic carbocycles. The van der Waals surface area contributed by atoms with E-state index < -0.39 is 6.10 Å². The standard InChI is InChI=1S/C10H15NO2/c1-7-4-5-11(10(13)6-7)8(2)9(3)12/h4-6,8-9,12H,1-3H3. The fourth-order valence-corrected chi connectivity index (χ4v) is 1.16. The predicted octanol–water partition coefficient (Wildman–Crippen LogP) is 1.10. The minimum absolute atomic E-state index is 0.0617. The van der Waals surface area contributed by atoms with Gasteiger partial charge >= 0.3 is 0 Å². The van der Waals surface area contributed by atoms with E-state index in [4.69, 9.17) is 0 Å². The Morgan fingerprint density at radius 3 is 2.54 bits per heavy atom. The molecule has 2 unspecified atom stereocenters. The number of hydrogen-bond acceptors (Lipinski definition) is 2. The van der Waals surface area contributed by atoms with Gasteiger partial charge < -0.3 is 9.67 Å². The van der Waals surface area contributed by atoms with Gasteiger partial charge in [-0.15, -0.1) is 0 Å². The van der Waals surface area contributed by atoms with Crippen LogP contribution in [0.25, 0.3) is 0 Å². The van der Waals surface area contributed by atoms with Crippen molar-refractivity contribution < 1.29 is 5.11 Å². The number of rotatable bonds is 2. The number of hydrogen-bond donors (Lipinski definition) is 1. The third-order valence-electron chi connectivity index (χ3n) is 2.24. The SMILES string of the molecule is Cc1ccn(C(C)C(C)O)c(=O)c1. The van der Waals surface area contributed by atoms with Crippen LogP contribution in [0.5, 0.6) is 0 Å². The summed E-state index contributed by atoms with van der Waals surface area (Å²) < 4.78 is 1.54. The van der Waals surface area contributed by atoms with Crippen LogP contribution in [0.15, 0.2) is 23.1 Å². The Kier molecular flexibility index (Phi) is 2.88. The first-order valence-corrected chi connectivity index (χ1v) is 4.39. The number of aromatic nitrogens is 1. The van der Waals surface area contributed by atoms with Crippen LogP contribution in [0.2, 0.25) is 0 Å². The lowest BCUT2D eigenvalue weighted by Gasteiger charge is -2.17. The maximum atomic E-state index is 11.4. The lowest BCUT2D eigenvalue weighted by molar-refractivity contribution is 0.137. The molecule has 3 heteroatoms. The minimum atomic E-state index is -0.514. The summed E-state index contributed by atoms with van der Waals surface area (Å²) in [6.07, 6.45) is 1.20. The number of nitrogens with zero attached hydrogens (tertiary/aromatic N) is 1. The van der Waals surface area contributed by atoms with Gasteiger partial charge in [-0.3, -0.25) is 4.79 Å². The van der Waals surface area contributed by atoms with Gasteiger partial charge in [-0.05, 0) is 32.4 Å². The van der Waals surface area contributed by atoms with E-state index in [1.807, 2.05) is 19.9 Å². The molecule has 0 aliphatic rings. The number of aliphatic hydroxyl groups is 1. The second-order valence-electron chi connectivity index (χ2n) is 3.43. The van der Waals surface area contributed by atoms with Gasteiger partial charge in [0.2, 0.25) is 0 Å². The lowest BCUT2D eigenvalue weighted by Crippen LogP contribution is -2.28. The Balaban J connectivity index is 3.09. The topological polar surface area (TPSA) is 42.2 Å². The Morgan fingerprint density at radius 1 is 1.46 bits per heavy atom. The van der Waals surface area contributed by atoms with Gasteiger partial charge in [-0.25, -0.2) is 0 Å². The summed E-state index contributed by atoms with van der Waals surface area (Å²) in [7, 11) is 0. The molecule has 2 atom stereocenters. The fraction of sp³-hybridized carbons (Fsp3) is 0.500. The quantitative estimate of drug-likeness (QED) is 0.742. The molecular formula is C10H15NO2. The van der Waals surface area contributed by atoms with Gasteiger partial charge in [0.1, 0.15) is 0 Å². The van der Waals surface area contributed by atoms with Crippen LogP contribution in [0, 0.1) is 6.92 Å². The van der Waals surface area contributed by atoms with E-state index >= 15 is 0 Å². The van der Waals surface area contributed by atoms with Crippen LogP contribution in [0.3, 0.4) is 0 Å². The Bertz CT molecular complexity index is 341. The molecule has 0 radical (unpaired) electrons. The van der Waals surface area contributed by atoms with E-state index in [2.05, 4.69) is 0 Å². The maximum absolute atomic E-state index is 11.4. The van der Waals surface area contributed by atoms with Gasteiger partial charge in [0.05, 0.1) is 12.1 Å². The molecule has 0 bridgehead atoms. The third kappa shape index (κ3) is 2.18. The zero-order valence-electron chi connectivity index (χ0n) is 8.19. The predicted molar refractivity (Wildman–Crippen MR) is 51.8 cm³/mol. The first-order valence-electron chi connectivity index (χ1n) is 4.39. The van der Waals surface area contributed by atoms with E-state index in [9.17, 15) is 9.90 Å². The molecule has 1 aromatic heterocycles. The molecule has 13 heavy (non-hydrogen) atoms. The Morgan fingerprint density at radius 2 is 2.08 bits per heavy atom. The molecule has 1 aromatic rings. The second-order valence-corrected chi connectivity index (χ2v) is 3.43. The summed E-state index contributed by atoms with van der Waals surface area (Å²) >= 11 is 0. The van der Waals surface area contributed by atoms with Gasteiger partial charge in [0.15, 0.2) is 0 Å². The molecule has 3 nitrogen and oxygen atoms in total.